The molecule has 1 nitrogen and oxygen atoms in total. The summed E-state index contributed by atoms with van der Waals surface area (Å²) in [5.74, 6) is 0. The molecular weight excluding hydrogens is 182 g/mol. The standard InChI is InChI=1S/C12H19N.C2H6/c1-9(2)10(3)7-8-11-5-4-6-12(11)13;1-2/h7-8,12H,1,4-6,13H2,2-3H3;1-2H3/b10-7+,11-8+;. The van der Waals surface area contributed by atoms with Crippen molar-refractivity contribution in [3.63, 3.8) is 0 Å². The highest BCUT2D eigenvalue weighted by atomic mass is 14.6. The van der Waals surface area contributed by atoms with Gasteiger partial charge in [0.1, 0.15) is 0 Å². The van der Waals surface area contributed by atoms with E-state index in [1.54, 1.807) is 0 Å². The van der Waals surface area contributed by atoms with E-state index in [0.717, 1.165) is 12.0 Å². The van der Waals surface area contributed by atoms with Gasteiger partial charge in [-0.2, -0.15) is 0 Å². The van der Waals surface area contributed by atoms with Crippen LogP contribution in [-0.4, -0.2) is 6.04 Å². The molecule has 0 aromatic rings. The van der Waals surface area contributed by atoms with Gasteiger partial charge in [0.2, 0.25) is 0 Å². The van der Waals surface area contributed by atoms with Crippen molar-refractivity contribution in [3.8, 4) is 0 Å². The Hall–Kier alpha value is -0.820. The SMILES string of the molecule is C=C(C)/C(C)=C/C=C1\CCCC1N.CC. The Labute approximate surface area is 94.8 Å². The fourth-order valence-corrected chi connectivity index (χ4v) is 1.48. The number of hydrogen-bond donors (Lipinski definition) is 1. The maximum Gasteiger partial charge on any atom is 0.0256 e. The number of nitrogens with two attached hydrogens (primary N) is 1. The monoisotopic (exact) mass is 207 g/mol. The lowest BCUT2D eigenvalue weighted by Gasteiger charge is -2.03. The summed E-state index contributed by atoms with van der Waals surface area (Å²) in [7, 11) is 0. The predicted molar refractivity (Wildman–Crippen MR) is 69.8 cm³/mol. The molecular formula is C14H25N. The molecule has 86 valence electrons. The molecule has 15 heavy (non-hydrogen) atoms. The van der Waals surface area contributed by atoms with Gasteiger partial charge in [0.15, 0.2) is 0 Å². The highest BCUT2D eigenvalue weighted by molar-refractivity contribution is 5.31. The minimum absolute atomic E-state index is 0.300. The van der Waals surface area contributed by atoms with Crippen molar-refractivity contribution < 1.29 is 0 Å². The van der Waals surface area contributed by atoms with Gasteiger partial charge in [-0.15, -0.1) is 0 Å². The summed E-state index contributed by atoms with van der Waals surface area (Å²) in [5, 5.41) is 0. The van der Waals surface area contributed by atoms with Gasteiger partial charge in [0.05, 0.1) is 0 Å². The molecule has 0 aromatic heterocycles. The van der Waals surface area contributed by atoms with Crippen molar-refractivity contribution in [1.82, 2.24) is 0 Å². The molecule has 1 atom stereocenters. The third kappa shape index (κ3) is 4.98. The molecule has 1 heteroatoms. The highest BCUT2D eigenvalue weighted by Gasteiger charge is 2.15. The van der Waals surface area contributed by atoms with E-state index in [0.29, 0.717) is 6.04 Å². The van der Waals surface area contributed by atoms with Crippen molar-refractivity contribution >= 4 is 0 Å². The molecule has 1 saturated carbocycles. The zero-order chi connectivity index (χ0) is 11.8. The summed E-state index contributed by atoms with van der Waals surface area (Å²) in [6, 6.07) is 0.300. The average Bonchev–Trinajstić information content (AvgIpc) is 2.63. The summed E-state index contributed by atoms with van der Waals surface area (Å²) in [6.45, 7) is 12.0. The fraction of sp³-hybridized carbons (Fsp3) is 0.571. The minimum Gasteiger partial charge on any atom is -0.324 e. The maximum atomic E-state index is 5.92. The maximum absolute atomic E-state index is 5.92. The van der Waals surface area contributed by atoms with Crippen LogP contribution in [0.15, 0.2) is 35.5 Å². The fourth-order valence-electron chi connectivity index (χ4n) is 1.48. The van der Waals surface area contributed by atoms with E-state index in [-0.39, 0.29) is 0 Å². The summed E-state index contributed by atoms with van der Waals surface area (Å²) in [6.07, 6.45) is 7.85. The first kappa shape index (κ1) is 14.2. The van der Waals surface area contributed by atoms with Crippen LogP contribution in [0.1, 0.15) is 47.0 Å². The molecule has 0 aliphatic heterocycles. The van der Waals surface area contributed by atoms with Gasteiger partial charge in [-0.1, -0.05) is 43.7 Å². The van der Waals surface area contributed by atoms with Crippen LogP contribution in [0.3, 0.4) is 0 Å². The molecule has 1 unspecified atom stereocenters. The van der Waals surface area contributed by atoms with Crippen LogP contribution in [0.4, 0.5) is 0 Å². The van der Waals surface area contributed by atoms with Crippen LogP contribution in [0.2, 0.25) is 0 Å². The Morgan fingerprint density at radius 3 is 2.40 bits per heavy atom. The minimum atomic E-state index is 0.300. The summed E-state index contributed by atoms with van der Waals surface area (Å²) < 4.78 is 0. The molecule has 0 radical (unpaired) electrons. The van der Waals surface area contributed by atoms with Crippen molar-refractivity contribution in [2.75, 3.05) is 0 Å². The van der Waals surface area contributed by atoms with Gasteiger partial charge in [0, 0.05) is 6.04 Å². The lowest BCUT2D eigenvalue weighted by molar-refractivity contribution is 0.773. The van der Waals surface area contributed by atoms with Gasteiger partial charge >= 0.3 is 0 Å². The second kappa shape index (κ2) is 7.47. The van der Waals surface area contributed by atoms with E-state index in [1.807, 2.05) is 20.8 Å². The van der Waals surface area contributed by atoms with Crippen LogP contribution < -0.4 is 5.73 Å². The molecule has 1 rings (SSSR count). The summed E-state index contributed by atoms with van der Waals surface area (Å²) in [4.78, 5) is 0. The van der Waals surface area contributed by atoms with Gasteiger partial charge in [-0.25, -0.2) is 0 Å². The second-order valence-corrected chi connectivity index (χ2v) is 3.87. The molecule has 1 aliphatic carbocycles. The Bertz CT molecular complexity index is 259. The van der Waals surface area contributed by atoms with E-state index in [4.69, 9.17) is 5.73 Å². The Morgan fingerprint density at radius 1 is 1.40 bits per heavy atom. The molecule has 1 fully saturated rings. The van der Waals surface area contributed by atoms with E-state index in [1.165, 1.54) is 24.0 Å². The van der Waals surface area contributed by atoms with Crippen LogP contribution in [0.25, 0.3) is 0 Å². The predicted octanol–water partition coefficient (Wildman–Crippen LogP) is 3.97. The quantitative estimate of drug-likeness (QED) is 0.681. The number of hydrogen-bond acceptors (Lipinski definition) is 1. The van der Waals surface area contributed by atoms with Crippen LogP contribution >= 0.6 is 0 Å². The topological polar surface area (TPSA) is 26.0 Å². The van der Waals surface area contributed by atoms with Gasteiger partial charge in [-0.05, 0) is 38.7 Å². The third-order valence-corrected chi connectivity index (χ3v) is 2.68. The first-order chi connectivity index (χ1) is 7.11. The van der Waals surface area contributed by atoms with Crippen molar-refractivity contribution in [2.45, 2.75) is 53.0 Å². The molecule has 0 amide bonds. The lowest BCUT2D eigenvalue weighted by Crippen LogP contribution is -2.16. The van der Waals surface area contributed by atoms with Crippen LogP contribution in [0.5, 0.6) is 0 Å². The molecule has 0 aromatic carbocycles. The van der Waals surface area contributed by atoms with Crippen molar-refractivity contribution in [2.24, 2.45) is 5.73 Å². The third-order valence-electron chi connectivity index (χ3n) is 2.68. The smallest absolute Gasteiger partial charge is 0.0256 e. The van der Waals surface area contributed by atoms with E-state index in [2.05, 4.69) is 25.7 Å². The van der Waals surface area contributed by atoms with Gasteiger partial charge in [0.25, 0.3) is 0 Å². The second-order valence-electron chi connectivity index (χ2n) is 3.87. The first-order valence-corrected chi connectivity index (χ1v) is 5.90. The van der Waals surface area contributed by atoms with Gasteiger partial charge < -0.3 is 5.73 Å². The zero-order valence-corrected chi connectivity index (χ0v) is 10.6. The number of allylic oxidation sites excluding steroid dienone is 4. The lowest BCUT2D eigenvalue weighted by atomic mass is 10.1. The number of rotatable bonds is 2. The molecule has 0 heterocycles. The summed E-state index contributed by atoms with van der Waals surface area (Å²) in [5.41, 5.74) is 9.68. The van der Waals surface area contributed by atoms with Crippen molar-refractivity contribution in [3.05, 3.63) is 35.5 Å². The Balaban J connectivity index is 0.000000921. The van der Waals surface area contributed by atoms with E-state index in [9.17, 15) is 0 Å². The molecule has 0 spiro atoms. The average molecular weight is 207 g/mol. The highest BCUT2D eigenvalue weighted by Crippen LogP contribution is 2.23. The van der Waals surface area contributed by atoms with Crippen LogP contribution in [0, 0.1) is 0 Å². The molecule has 0 bridgehead atoms. The van der Waals surface area contributed by atoms with E-state index >= 15 is 0 Å². The van der Waals surface area contributed by atoms with Crippen molar-refractivity contribution in [1.29, 1.82) is 0 Å². The summed E-state index contributed by atoms with van der Waals surface area (Å²) >= 11 is 0. The normalized spacial score (nSPS) is 23.7. The van der Waals surface area contributed by atoms with Crippen LogP contribution in [-0.2, 0) is 0 Å². The first-order valence-electron chi connectivity index (χ1n) is 5.90. The zero-order valence-electron chi connectivity index (χ0n) is 10.6. The Morgan fingerprint density at radius 2 is 2.00 bits per heavy atom. The largest absolute Gasteiger partial charge is 0.324 e. The van der Waals surface area contributed by atoms with Gasteiger partial charge in [-0.3, -0.25) is 0 Å². The molecule has 2 N–H and O–H groups in total. The Kier molecular flexibility index (Phi) is 7.06. The van der Waals surface area contributed by atoms with E-state index < -0.39 is 0 Å². The molecule has 1 aliphatic rings. The molecule has 0 saturated heterocycles.